The number of likely N-dealkylation sites (N-methyl/N-ethyl adjacent to an activating group) is 1. The molecule has 0 saturated carbocycles. The Morgan fingerprint density at radius 3 is 2.58 bits per heavy atom. The third-order valence-corrected chi connectivity index (χ3v) is 1.96. The normalized spacial score (nSPS) is 13.4. The summed E-state index contributed by atoms with van der Waals surface area (Å²) in [6.07, 6.45) is 0. The second-order valence-corrected chi connectivity index (χ2v) is 3.27. The monoisotopic (exact) mass is 173 g/mol. The van der Waals surface area contributed by atoms with E-state index in [1.54, 1.807) is 14.0 Å². The summed E-state index contributed by atoms with van der Waals surface area (Å²) in [5, 5.41) is 0. The van der Waals surface area contributed by atoms with Crippen LogP contribution in [0.25, 0.3) is 0 Å². The number of carbonyl (C=O) groups is 1. The van der Waals surface area contributed by atoms with Crippen LogP contribution in [0.2, 0.25) is 0 Å². The van der Waals surface area contributed by atoms with Gasteiger partial charge >= 0.3 is 0 Å². The van der Waals surface area contributed by atoms with E-state index in [9.17, 15) is 4.79 Å². The van der Waals surface area contributed by atoms with Crippen LogP contribution in [-0.4, -0.2) is 44.5 Å². The summed E-state index contributed by atoms with van der Waals surface area (Å²) in [5.74, 6) is 0.381. The Hall–Kier alpha value is -0.410. The summed E-state index contributed by atoms with van der Waals surface area (Å²) in [6, 6.07) is 0. The van der Waals surface area contributed by atoms with E-state index >= 15 is 0 Å². The number of Topliss-reactive ketones (excluding diaryl/α,β-unsaturated/α-hetero) is 1. The van der Waals surface area contributed by atoms with Crippen molar-refractivity contribution in [1.29, 1.82) is 0 Å². The maximum Gasteiger partial charge on any atom is 0.133 e. The molecule has 0 saturated heterocycles. The number of hydrogen-bond donors (Lipinski definition) is 0. The summed E-state index contributed by atoms with van der Waals surface area (Å²) >= 11 is 0. The van der Waals surface area contributed by atoms with Gasteiger partial charge in [0.15, 0.2) is 0 Å². The number of rotatable bonds is 6. The molecule has 0 aliphatic rings. The molecule has 0 radical (unpaired) electrons. The Morgan fingerprint density at radius 2 is 2.17 bits per heavy atom. The third-order valence-electron chi connectivity index (χ3n) is 1.96. The van der Waals surface area contributed by atoms with Crippen LogP contribution in [0.1, 0.15) is 13.8 Å². The molecule has 3 nitrogen and oxygen atoms in total. The summed E-state index contributed by atoms with van der Waals surface area (Å²) < 4.78 is 4.93. The number of methoxy groups -OCH3 is 1. The van der Waals surface area contributed by atoms with E-state index in [0.29, 0.717) is 0 Å². The molecular weight excluding hydrogens is 154 g/mol. The van der Waals surface area contributed by atoms with Crippen LogP contribution in [0, 0.1) is 5.92 Å². The number of ketones is 1. The highest BCUT2D eigenvalue weighted by Gasteiger charge is 2.09. The number of hydrogen-bond acceptors (Lipinski definition) is 3. The molecule has 0 N–H and O–H groups in total. The minimum absolute atomic E-state index is 0.131. The van der Waals surface area contributed by atoms with E-state index in [1.165, 1.54) is 0 Å². The minimum Gasteiger partial charge on any atom is -0.383 e. The highest BCUT2D eigenvalue weighted by Crippen LogP contribution is 1.98. The predicted octanol–water partition coefficient (Wildman–Crippen LogP) is 0.790. The predicted molar refractivity (Wildman–Crippen MR) is 49.2 cm³/mol. The highest BCUT2D eigenvalue weighted by molar-refractivity contribution is 5.78. The number of ether oxygens (including phenoxy) is 1. The van der Waals surface area contributed by atoms with Gasteiger partial charge < -0.3 is 9.64 Å². The van der Waals surface area contributed by atoms with E-state index in [1.807, 2.05) is 14.0 Å². The molecule has 1 atom stereocenters. The zero-order valence-electron chi connectivity index (χ0n) is 8.46. The molecule has 0 aliphatic heterocycles. The first-order valence-electron chi connectivity index (χ1n) is 4.25. The fourth-order valence-corrected chi connectivity index (χ4v) is 0.934. The molecule has 3 heteroatoms. The molecule has 0 fully saturated rings. The fraction of sp³-hybridized carbons (Fsp3) is 0.889. The fourth-order valence-electron chi connectivity index (χ4n) is 0.934. The van der Waals surface area contributed by atoms with Gasteiger partial charge in [0.1, 0.15) is 5.78 Å². The van der Waals surface area contributed by atoms with Gasteiger partial charge in [-0.1, -0.05) is 6.92 Å². The molecule has 0 bridgehead atoms. The van der Waals surface area contributed by atoms with Gasteiger partial charge in [0.2, 0.25) is 0 Å². The maximum absolute atomic E-state index is 10.9. The molecule has 0 rings (SSSR count). The van der Waals surface area contributed by atoms with E-state index in [2.05, 4.69) is 4.90 Å². The summed E-state index contributed by atoms with van der Waals surface area (Å²) in [6.45, 7) is 6.01. The van der Waals surface area contributed by atoms with Crippen LogP contribution < -0.4 is 0 Å². The first kappa shape index (κ1) is 11.6. The van der Waals surface area contributed by atoms with Crippen LogP contribution in [0.4, 0.5) is 0 Å². The SMILES string of the molecule is COCCN(C)CC(C)C(C)=O. The lowest BCUT2D eigenvalue weighted by Crippen LogP contribution is -2.30. The van der Waals surface area contributed by atoms with Crippen LogP contribution in [0.3, 0.4) is 0 Å². The van der Waals surface area contributed by atoms with E-state index in [0.717, 1.165) is 19.7 Å². The van der Waals surface area contributed by atoms with Crippen molar-refractivity contribution in [3.63, 3.8) is 0 Å². The lowest BCUT2D eigenvalue weighted by Gasteiger charge is -2.18. The topological polar surface area (TPSA) is 29.5 Å². The largest absolute Gasteiger partial charge is 0.383 e. The standard InChI is InChI=1S/C9H19NO2/c1-8(9(2)11)7-10(3)5-6-12-4/h8H,5-7H2,1-4H3. The van der Waals surface area contributed by atoms with Crippen molar-refractivity contribution in [1.82, 2.24) is 4.90 Å². The second-order valence-electron chi connectivity index (χ2n) is 3.27. The van der Waals surface area contributed by atoms with Gasteiger partial charge in [0, 0.05) is 26.1 Å². The van der Waals surface area contributed by atoms with Crippen molar-refractivity contribution in [3.05, 3.63) is 0 Å². The number of carbonyl (C=O) groups excluding carboxylic acids is 1. The number of nitrogens with zero attached hydrogens (tertiary/aromatic N) is 1. The first-order valence-corrected chi connectivity index (χ1v) is 4.25. The molecular formula is C9H19NO2. The molecule has 1 unspecified atom stereocenters. The Bertz CT molecular complexity index is 136. The van der Waals surface area contributed by atoms with Crippen LogP contribution in [0.15, 0.2) is 0 Å². The summed E-state index contributed by atoms with van der Waals surface area (Å²) in [5.41, 5.74) is 0. The van der Waals surface area contributed by atoms with E-state index < -0.39 is 0 Å². The molecule has 0 aromatic heterocycles. The first-order chi connectivity index (χ1) is 5.57. The zero-order valence-corrected chi connectivity index (χ0v) is 8.46. The molecule has 72 valence electrons. The Labute approximate surface area is 74.7 Å². The molecule has 0 spiro atoms. The van der Waals surface area contributed by atoms with Gasteiger partial charge in [-0.15, -0.1) is 0 Å². The van der Waals surface area contributed by atoms with Gasteiger partial charge in [0.05, 0.1) is 6.61 Å². The highest BCUT2D eigenvalue weighted by atomic mass is 16.5. The second kappa shape index (κ2) is 6.14. The van der Waals surface area contributed by atoms with Crippen LogP contribution >= 0.6 is 0 Å². The van der Waals surface area contributed by atoms with Gasteiger partial charge in [-0.2, -0.15) is 0 Å². The average molecular weight is 173 g/mol. The molecule has 0 amide bonds. The van der Waals surface area contributed by atoms with Crippen molar-refractivity contribution in [2.24, 2.45) is 5.92 Å². The van der Waals surface area contributed by atoms with Crippen molar-refractivity contribution in [3.8, 4) is 0 Å². The van der Waals surface area contributed by atoms with Crippen LogP contribution in [0.5, 0.6) is 0 Å². The molecule has 0 aliphatic carbocycles. The Morgan fingerprint density at radius 1 is 1.58 bits per heavy atom. The maximum atomic E-state index is 10.9. The Balaban J connectivity index is 3.53. The summed E-state index contributed by atoms with van der Waals surface area (Å²) in [7, 11) is 3.68. The Kier molecular flexibility index (Phi) is 5.93. The van der Waals surface area contributed by atoms with Gasteiger partial charge in [0.25, 0.3) is 0 Å². The zero-order chi connectivity index (χ0) is 9.56. The van der Waals surface area contributed by atoms with Crippen molar-refractivity contribution in [2.75, 3.05) is 33.9 Å². The smallest absolute Gasteiger partial charge is 0.133 e. The van der Waals surface area contributed by atoms with Gasteiger partial charge in [-0.3, -0.25) is 4.79 Å². The van der Waals surface area contributed by atoms with Crippen LogP contribution in [-0.2, 0) is 9.53 Å². The lowest BCUT2D eigenvalue weighted by atomic mass is 10.1. The van der Waals surface area contributed by atoms with Gasteiger partial charge in [-0.05, 0) is 14.0 Å². The third kappa shape index (κ3) is 5.27. The van der Waals surface area contributed by atoms with Gasteiger partial charge in [-0.25, -0.2) is 0 Å². The minimum atomic E-state index is 0.131. The molecule has 12 heavy (non-hydrogen) atoms. The molecule has 0 aromatic rings. The van der Waals surface area contributed by atoms with Crippen molar-refractivity contribution >= 4 is 5.78 Å². The molecule has 0 heterocycles. The lowest BCUT2D eigenvalue weighted by molar-refractivity contribution is -0.120. The van der Waals surface area contributed by atoms with E-state index in [-0.39, 0.29) is 11.7 Å². The van der Waals surface area contributed by atoms with Crippen molar-refractivity contribution < 1.29 is 9.53 Å². The van der Waals surface area contributed by atoms with Crippen molar-refractivity contribution in [2.45, 2.75) is 13.8 Å². The molecule has 0 aromatic carbocycles. The quantitative estimate of drug-likeness (QED) is 0.594. The van der Waals surface area contributed by atoms with E-state index in [4.69, 9.17) is 4.74 Å². The average Bonchev–Trinajstić information content (AvgIpc) is 2.00. The summed E-state index contributed by atoms with van der Waals surface area (Å²) in [4.78, 5) is 13.0.